The summed E-state index contributed by atoms with van der Waals surface area (Å²) in [5.41, 5.74) is 6.66. The van der Waals surface area contributed by atoms with Crippen molar-refractivity contribution >= 4 is 5.69 Å². The maximum atomic E-state index is 5.96. The Morgan fingerprint density at radius 3 is 2.41 bits per heavy atom. The van der Waals surface area contributed by atoms with E-state index in [0.29, 0.717) is 6.10 Å². The first-order valence-electron chi connectivity index (χ1n) is 6.22. The van der Waals surface area contributed by atoms with Gasteiger partial charge in [-0.1, -0.05) is 0 Å². The van der Waals surface area contributed by atoms with Crippen LogP contribution in [-0.4, -0.2) is 29.6 Å². The molecule has 0 saturated carbocycles. The molecule has 0 aliphatic carbocycles. The van der Waals surface area contributed by atoms with Crippen molar-refractivity contribution in [1.29, 1.82) is 0 Å². The first-order chi connectivity index (χ1) is 7.95. The average molecular weight is 234 g/mol. The Hall–Kier alpha value is -1.22. The molecule has 0 unspecified atom stereocenters. The van der Waals surface area contributed by atoms with E-state index in [1.54, 1.807) is 0 Å². The van der Waals surface area contributed by atoms with Crippen LogP contribution in [0.15, 0.2) is 24.3 Å². The molecule has 1 fully saturated rings. The topological polar surface area (TPSA) is 38.5 Å². The summed E-state index contributed by atoms with van der Waals surface area (Å²) in [5, 5.41) is 0. The van der Waals surface area contributed by atoms with Crippen LogP contribution in [0, 0.1) is 0 Å². The lowest BCUT2D eigenvalue weighted by molar-refractivity contribution is 0.141. The summed E-state index contributed by atoms with van der Waals surface area (Å²) in [5.74, 6) is 0.917. The van der Waals surface area contributed by atoms with E-state index in [-0.39, 0.29) is 5.54 Å². The summed E-state index contributed by atoms with van der Waals surface area (Å²) < 4.78 is 5.96. The summed E-state index contributed by atoms with van der Waals surface area (Å²) in [6.07, 6.45) is 1.40. The van der Waals surface area contributed by atoms with Gasteiger partial charge in [-0.05, 0) is 51.5 Å². The SMILES string of the molecule is CC(C)(C)N1CC[C@H](Oc2ccc(N)cc2)C1. The van der Waals surface area contributed by atoms with Crippen molar-refractivity contribution in [2.75, 3.05) is 18.8 Å². The van der Waals surface area contributed by atoms with Crippen molar-refractivity contribution < 1.29 is 4.74 Å². The van der Waals surface area contributed by atoms with Gasteiger partial charge in [0.15, 0.2) is 0 Å². The Balaban J connectivity index is 1.92. The number of hydrogen-bond donors (Lipinski definition) is 1. The third-order valence-electron chi connectivity index (χ3n) is 3.28. The predicted octanol–water partition coefficient (Wildman–Crippen LogP) is 2.52. The lowest BCUT2D eigenvalue weighted by Gasteiger charge is -2.31. The molecule has 0 spiro atoms. The van der Waals surface area contributed by atoms with Gasteiger partial charge >= 0.3 is 0 Å². The molecule has 0 amide bonds. The predicted molar refractivity (Wildman–Crippen MR) is 71.2 cm³/mol. The standard InChI is InChI=1S/C14H22N2O/c1-14(2,3)16-9-8-13(10-16)17-12-6-4-11(15)5-7-12/h4-7,13H,8-10,15H2,1-3H3/t13-/m0/s1. The van der Waals surface area contributed by atoms with Gasteiger partial charge in [0.1, 0.15) is 11.9 Å². The molecule has 2 N–H and O–H groups in total. The van der Waals surface area contributed by atoms with Gasteiger partial charge in [0.05, 0.1) is 0 Å². The molecule has 0 radical (unpaired) electrons. The molecule has 17 heavy (non-hydrogen) atoms. The molecule has 1 aliphatic heterocycles. The normalized spacial score (nSPS) is 21.7. The van der Waals surface area contributed by atoms with Crippen LogP contribution in [-0.2, 0) is 0 Å². The van der Waals surface area contributed by atoms with Gasteiger partial charge < -0.3 is 10.5 Å². The highest BCUT2D eigenvalue weighted by Gasteiger charge is 2.31. The van der Waals surface area contributed by atoms with E-state index >= 15 is 0 Å². The highest BCUT2D eigenvalue weighted by Crippen LogP contribution is 2.24. The van der Waals surface area contributed by atoms with E-state index in [2.05, 4.69) is 25.7 Å². The monoisotopic (exact) mass is 234 g/mol. The molecule has 1 heterocycles. The first-order valence-corrected chi connectivity index (χ1v) is 6.22. The molecular formula is C14H22N2O. The third-order valence-corrected chi connectivity index (χ3v) is 3.28. The van der Waals surface area contributed by atoms with E-state index in [1.165, 1.54) is 0 Å². The van der Waals surface area contributed by atoms with Gasteiger partial charge in [0.25, 0.3) is 0 Å². The Kier molecular flexibility index (Phi) is 3.29. The van der Waals surface area contributed by atoms with Crippen molar-refractivity contribution in [3.63, 3.8) is 0 Å². The van der Waals surface area contributed by atoms with Crippen LogP contribution in [0.4, 0.5) is 5.69 Å². The van der Waals surface area contributed by atoms with Crippen LogP contribution < -0.4 is 10.5 Å². The lowest BCUT2D eigenvalue weighted by atomic mass is 10.1. The zero-order chi connectivity index (χ0) is 12.5. The van der Waals surface area contributed by atoms with Crippen molar-refractivity contribution in [3.05, 3.63) is 24.3 Å². The molecule has 3 nitrogen and oxygen atoms in total. The van der Waals surface area contributed by atoms with Gasteiger partial charge in [-0.3, -0.25) is 4.90 Å². The molecule has 1 atom stereocenters. The number of anilines is 1. The minimum atomic E-state index is 0.235. The van der Waals surface area contributed by atoms with Crippen molar-refractivity contribution in [2.24, 2.45) is 0 Å². The van der Waals surface area contributed by atoms with Gasteiger partial charge in [-0.2, -0.15) is 0 Å². The summed E-state index contributed by atoms with van der Waals surface area (Å²) in [6.45, 7) is 8.87. The second kappa shape index (κ2) is 4.57. The molecule has 94 valence electrons. The number of nitrogens with zero attached hydrogens (tertiary/aromatic N) is 1. The number of benzene rings is 1. The van der Waals surface area contributed by atoms with Crippen LogP contribution >= 0.6 is 0 Å². The second-order valence-corrected chi connectivity index (χ2v) is 5.71. The smallest absolute Gasteiger partial charge is 0.119 e. The molecule has 0 bridgehead atoms. The zero-order valence-corrected chi connectivity index (χ0v) is 10.9. The molecule has 1 saturated heterocycles. The number of likely N-dealkylation sites (tertiary alicyclic amines) is 1. The lowest BCUT2D eigenvalue weighted by Crippen LogP contribution is -2.40. The Morgan fingerprint density at radius 1 is 1.24 bits per heavy atom. The second-order valence-electron chi connectivity index (χ2n) is 5.71. The van der Waals surface area contributed by atoms with E-state index in [9.17, 15) is 0 Å². The fourth-order valence-electron chi connectivity index (χ4n) is 2.17. The van der Waals surface area contributed by atoms with Crippen molar-refractivity contribution in [2.45, 2.75) is 38.8 Å². The first kappa shape index (κ1) is 12.2. The van der Waals surface area contributed by atoms with E-state index < -0.39 is 0 Å². The van der Waals surface area contributed by atoms with Crippen molar-refractivity contribution in [1.82, 2.24) is 4.90 Å². The minimum absolute atomic E-state index is 0.235. The number of nitrogens with two attached hydrogens (primary N) is 1. The summed E-state index contributed by atoms with van der Waals surface area (Å²) in [4.78, 5) is 2.47. The Morgan fingerprint density at radius 2 is 1.88 bits per heavy atom. The zero-order valence-electron chi connectivity index (χ0n) is 10.9. The molecule has 1 aromatic rings. The van der Waals surface area contributed by atoms with E-state index in [4.69, 9.17) is 10.5 Å². The maximum Gasteiger partial charge on any atom is 0.119 e. The van der Waals surface area contributed by atoms with Crippen LogP contribution in [0.1, 0.15) is 27.2 Å². The average Bonchev–Trinajstić information content (AvgIpc) is 2.69. The number of ether oxygens (including phenoxy) is 1. The van der Waals surface area contributed by atoms with Crippen molar-refractivity contribution in [3.8, 4) is 5.75 Å². The minimum Gasteiger partial charge on any atom is -0.489 e. The van der Waals surface area contributed by atoms with Crippen LogP contribution in [0.5, 0.6) is 5.75 Å². The Labute approximate surface area is 104 Å². The molecular weight excluding hydrogens is 212 g/mol. The van der Waals surface area contributed by atoms with Gasteiger partial charge in [0, 0.05) is 24.3 Å². The maximum absolute atomic E-state index is 5.96. The summed E-state index contributed by atoms with van der Waals surface area (Å²) >= 11 is 0. The van der Waals surface area contributed by atoms with Crippen LogP contribution in [0.3, 0.4) is 0 Å². The fourth-order valence-corrected chi connectivity index (χ4v) is 2.17. The fraction of sp³-hybridized carbons (Fsp3) is 0.571. The molecule has 1 aliphatic rings. The largest absolute Gasteiger partial charge is 0.489 e. The molecule has 1 aromatic carbocycles. The highest BCUT2D eigenvalue weighted by molar-refractivity contribution is 5.41. The molecule has 3 heteroatoms. The Bertz CT molecular complexity index is 367. The van der Waals surface area contributed by atoms with Crippen LogP contribution in [0.2, 0.25) is 0 Å². The number of nitrogen functional groups attached to an aromatic ring is 1. The number of hydrogen-bond acceptors (Lipinski definition) is 3. The van der Waals surface area contributed by atoms with Gasteiger partial charge in [-0.15, -0.1) is 0 Å². The summed E-state index contributed by atoms with van der Waals surface area (Å²) in [6, 6.07) is 7.64. The van der Waals surface area contributed by atoms with E-state index in [0.717, 1.165) is 30.9 Å². The highest BCUT2D eigenvalue weighted by atomic mass is 16.5. The van der Waals surface area contributed by atoms with E-state index in [1.807, 2.05) is 24.3 Å². The van der Waals surface area contributed by atoms with Crippen LogP contribution in [0.25, 0.3) is 0 Å². The van der Waals surface area contributed by atoms with Gasteiger partial charge in [-0.25, -0.2) is 0 Å². The summed E-state index contributed by atoms with van der Waals surface area (Å²) in [7, 11) is 0. The number of rotatable bonds is 2. The molecule has 0 aromatic heterocycles. The van der Waals surface area contributed by atoms with Gasteiger partial charge in [0.2, 0.25) is 0 Å². The molecule has 2 rings (SSSR count). The quantitative estimate of drug-likeness (QED) is 0.799. The third kappa shape index (κ3) is 3.13.